The molecule has 2 nitrogen and oxygen atoms in total. The predicted octanol–water partition coefficient (Wildman–Crippen LogP) is 3.32. The highest BCUT2D eigenvalue weighted by molar-refractivity contribution is 9.10. The van der Waals surface area contributed by atoms with Crippen molar-refractivity contribution in [2.45, 2.75) is 19.4 Å². The molecule has 0 saturated carbocycles. The van der Waals surface area contributed by atoms with Gasteiger partial charge >= 0.3 is 0 Å². The SMILES string of the molecule is CNC(C1=CCCO1)c1ccc(C)c(Br)c1. The van der Waals surface area contributed by atoms with E-state index in [1.807, 2.05) is 7.05 Å². The summed E-state index contributed by atoms with van der Waals surface area (Å²) in [6.45, 7) is 2.90. The van der Waals surface area contributed by atoms with E-state index in [0.29, 0.717) is 0 Å². The average Bonchev–Trinajstić information content (AvgIpc) is 2.78. The van der Waals surface area contributed by atoms with Crippen molar-refractivity contribution in [1.82, 2.24) is 5.32 Å². The van der Waals surface area contributed by atoms with Crippen LogP contribution < -0.4 is 5.32 Å². The first kappa shape index (κ1) is 11.7. The highest BCUT2D eigenvalue weighted by Crippen LogP contribution is 2.29. The standard InChI is InChI=1S/C13H16BrNO/c1-9-5-6-10(8-11(9)14)13(15-2)12-4-3-7-16-12/h4-6,8,13,15H,3,7H2,1-2H3. The maximum absolute atomic E-state index is 5.61. The van der Waals surface area contributed by atoms with Gasteiger partial charge in [-0.25, -0.2) is 0 Å². The summed E-state index contributed by atoms with van der Waals surface area (Å²) < 4.78 is 6.76. The monoisotopic (exact) mass is 281 g/mol. The summed E-state index contributed by atoms with van der Waals surface area (Å²) in [6, 6.07) is 6.58. The zero-order valence-corrected chi connectivity index (χ0v) is 11.2. The van der Waals surface area contributed by atoms with Crippen LogP contribution in [0.3, 0.4) is 0 Å². The summed E-state index contributed by atoms with van der Waals surface area (Å²) in [5.74, 6) is 1.04. The van der Waals surface area contributed by atoms with Gasteiger partial charge in [-0.3, -0.25) is 0 Å². The molecule has 1 atom stereocenters. The quantitative estimate of drug-likeness (QED) is 0.918. The van der Waals surface area contributed by atoms with E-state index < -0.39 is 0 Å². The molecule has 2 rings (SSSR count). The molecule has 16 heavy (non-hydrogen) atoms. The van der Waals surface area contributed by atoms with Crippen molar-refractivity contribution in [3.8, 4) is 0 Å². The fourth-order valence-corrected chi connectivity index (χ4v) is 2.30. The lowest BCUT2D eigenvalue weighted by atomic mass is 10.0. The van der Waals surface area contributed by atoms with Crippen LogP contribution >= 0.6 is 15.9 Å². The lowest BCUT2D eigenvalue weighted by Crippen LogP contribution is -2.19. The van der Waals surface area contributed by atoms with E-state index in [1.165, 1.54) is 11.1 Å². The topological polar surface area (TPSA) is 21.3 Å². The molecule has 0 saturated heterocycles. The first-order valence-corrected chi connectivity index (χ1v) is 6.28. The van der Waals surface area contributed by atoms with Crippen molar-refractivity contribution in [2.75, 3.05) is 13.7 Å². The predicted molar refractivity (Wildman–Crippen MR) is 69.3 cm³/mol. The maximum Gasteiger partial charge on any atom is 0.114 e. The third kappa shape index (κ3) is 2.30. The summed E-state index contributed by atoms with van der Waals surface area (Å²) >= 11 is 3.56. The molecular formula is C13H16BrNO. The number of benzene rings is 1. The highest BCUT2D eigenvalue weighted by Gasteiger charge is 2.19. The van der Waals surface area contributed by atoms with Crippen molar-refractivity contribution < 1.29 is 4.74 Å². The van der Waals surface area contributed by atoms with E-state index >= 15 is 0 Å². The third-order valence-corrected chi connectivity index (χ3v) is 3.69. The molecule has 1 aromatic rings. The molecule has 3 heteroatoms. The number of rotatable bonds is 3. The molecule has 1 heterocycles. The van der Waals surface area contributed by atoms with Gasteiger partial charge in [0.1, 0.15) is 5.76 Å². The molecule has 1 unspecified atom stereocenters. The fraction of sp³-hybridized carbons (Fsp3) is 0.385. The van der Waals surface area contributed by atoms with Gasteiger partial charge in [0.05, 0.1) is 12.6 Å². The summed E-state index contributed by atoms with van der Waals surface area (Å²) in [5.41, 5.74) is 2.48. The van der Waals surface area contributed by atoms with E-state index in [9.17, 15) is 0 Å². The molecule has 0 amide bonds. The van der Waals surface area contributed by atoms with E-state index in [0.717, 1.165) is 23.3 Å². The van der Waals surface area contributed by atoms with E-state index in [4.69, 9.17) is 4.74 Å². The van der Waals surface area contributed by atoms with Gasteiger partial charge < -0.3 is 10.1 Å². The fourth-order valence-electron chi connectivity index (χ4n) is 1.90. The lowest BCUT2D eigenvalue weighted by molar-refractivity contribution is 0.218. The summed E-state index contributed by atoms with van der Waals surface area (Å²) in [7, 11) is 1.96. The van der Waals surface area contributed by atoms with Crippen LogP contribution in [-0.4, -0.2) is 13.7 Å². The van der Waals surface area contributed by atoms with Crippen LogP contribution in [0.15, 0.2) is 34.5 Å². The van der Waals surface area contributed by atoms with Gasteiger partial charge in [-0.2, -0.15) is 0 Å². The van der Waals surface area contributed by atoms with Crippen LogP contribution in [0.5, 0.6) is 0 Å². The third-order valence-electron chi connectivity index (χ3n) is 2.83. The van der Waals surface area contributed by atoms with Crippen LogP contribution in [0.4, 0.5) is 0 Å². The smallest absolute Gasteiger partial charge is 0.114 e. The molecule has 0 aliphatic carbocycles. The zero-order valence-electron chi connectivity index (χ0n) is 9.59. The van der Waals surface area contributed by atoms with Gasteiger partial charge in [0.25, 0.3) is 0 Å². The van der Waals surface area contributed by atoms with Crippen LogP contribution in [0.1, 0.15) is 23.6 Å². The van der Waals surface area contributed by atoms with E-state index in [2.05, 4.69) is 52.4 Å². The molecule has 0 bridgehead atoms. The van der Waals surface area contributed by atoms with Gasteiger partial charge in [0, 0.05) is 10.9 Å². The van der Waals surface area contributed by atoms with Crippen molar-refractivity contribution in [2.24, 2.45) is 0 Å². The number of hydrogen-bond donors (Lipinski definition) is 1. The van der Waals surface area contributed by atoms with Gasteiger partial charge in [-0.1, -0.05) is 28.1 Å². The minimum absolute atomic E-state index is 0.166. The highest BCUT2D eigenvalue weighted by atomic mass is 79.9. The Kier molecular flexibility index (Phi) is 3.66. The second-order valence-electron chi connectivity index (χ2n) is 3.97. The molecule has 86 valence electrons. The van der Waals surface area contributed by atoms with Crippen molar-refractivity contribution in [1.29, 1.82) is 0 Å². The van der Waals surface area contributed by atoms with Crippen LogP contribution in [0.2, 0.25) is 0 Å². The van der Waals surface area contributed by atoms with Crippen molar-refractivity contribution in [3.63, 3.8) is 0 Å². The van der Waals surface area contributed by atoms with Gasteiger partial charge in [-0.05, 0) is 37.2 Å². The average molecular weight is 282 g/mol. The molecule has 1 aromatic carbocycles. The lowest BCUT2D eigenvalue weighted by Gasteiger charge is -2.18. The number of halogens is 1. The number of aryl methyl sites for hydroxylation is 1. The first-order chi connectivity index (χ1) is 7.72. The zero-order chi connectivity index (χ0) is 11.5. The summed E-state index contributed by atoms with van der Waals surface area (Å²) in [6.07, 6.45) is 3.18. The normalized spacial score (nSPS) is 16.8. The Bertz CT molecular complexity index is 414. The minimum atomic E-state index is 0.166. The van der Waals surface area contributed by atoms with Crippen molar-refractivity contribution >= 4 is 15.9 Å². The molecule has 0 aromatic heterocycles. The molecule has 1 N–H and O–H groups in total. The minimum Gasteiger partial charge on any atom is -0.496 e. The Morgan fingerprint density at radius 1 is 1.44 bits per heavy atom. The second-order valence-corrected chi connectivity index (χ2v) is 4.83. The Morgan fingerprint density at radius 2 is 2.25 bits per heavy atom. The summed E-state index contributed by atoms with van der Waals surface area (Å²) in [4.78, 5) is 0. The van der Waals surface area contributed by atoms with Gasteiger partial charge in [-0.15, -0.1) is 0 Å². The first-order valence-electron chi connectivity index (χ1n) is 5.48. The maximum atomic E-state index is 5.61. The largest absolute Gasteiger partial charge is 0.496 e. The number of ether oxygens (including phenoxy) is 1. The number of likely N-dealkylation sites (N-methyl/N-ethyl adjacent to an activating group) is 1. The van der Waals surface area contributed by atoms with Crippen LogP contribution in [-0.2, 0) is 4.74 Å². The second kappa shape index (κ2) is 5.02. The Labute approximate surface area is 105 Å². The van der Waals surface area contributed by atoms with Crippen LogP contribution in [0, 0.1) is 6.92 Å². The molecule has 1 aliphatic rings. The summed E-state index contributed by atoms with van der Waals surface area (Å²) in [5, 5.41) is 3.29. The molecule has 0 spiro atoms. The molecular weight excluding hydrogens is 266 g/mol. The van der Waals surface area contributed by atoms with E-state index in [1.54, 1.807) is 0 Å². The Balaban J connectivity index is 2.29. The Morgan fingerprint density at radius 3 is 2.81 bits per heavy atom. The van der Waals surface area contributed by atoms with Gasteiger partial charge in [0.15, 0.2) is 0 Å². The van der Waals surface area contributed by atoms with E-state index in [-0.39, 0.29) is 6.04 Å². The van der Waals surface area contributed by atoms with Gasteiger partial charge in [0.2, 0.25) is 0 Å². The van der Waals surface area contributed by atoms with Crippen LogP contribution in [0.25, 0.3) is 0 Å². The molecule has 0 fully saturated rings. The molecule has 0 radical (unpaired) electrons. The number of nitrogens with one attached hydrogen (secondary N) is 1. The van der Waals surface area contributed by atoms with Crippen molar-refractivity contribution in [3.05, 3.63) is 45.6 Å². The molecule has 1 aliphatic heterocycles. The number of hydrogen-bond acceptors (Lipinski definition) is 2. The Hall–Kier alpha value is -0.800.